The third-order valence-corrected chi connectivity index (χ3v) is 5.96. The molecule has 2 N–H and O–H groups in total. The molecule has 0 aliphatic heterocycles. The van der Waals surface area contributed by atoms with Gasteiger partial charge in [-0.05, 0) is 30.2 Å². The highest BCUT2D eigenvalue weighted by Crippen LogP contribution is 2.53. The molecule has 35 heavy (non-hydrogen) atoms. The third-order valence-electron chi connectivity index (χ3n) is 5.13. The maximum atomic E-state index is 14.1. The predicted molar refractivity (Wildman–Crippen MR) is 126 cm³/mol. The maximum absolute atomic E-state index is 14.1. The van der Waals surface area contributed by atoms with Gasteiger partial charge >= 0.3 is 18.2 Å². The first-order valence-electron chi connectivity index (χ1n) is 10.6. The zero-order valence-electron chi connectivity index (χ0n) is 18.6. The van der Waals surface area contributed by atoms with Crippen molar-refractivity contribution in [1.29, 1.82) is 0 Å². The molecule has 2 aromatic rings. The van der Waals surface area contributed by atoms with Crippen LogP contribution >= 0.6 is 23.2 Å². The van der Waals surface area contributed by atoms with Crippen molar-refractivity contribution in [3.05, 3.63) is 82.3 Å². The molecule has 1 aliphatic rings. The van der Waals surface area contributed by atoms with Crippen molar-refractivity contribution in [1.82, 2.24) is 15.6 Å². The van der Waals surface area contributed by atoms with Gasteiger partial charge in [-0.25, -0.2) is 4.79 Å². The number of halogens is 5. The number of aromatic nitrogens is 1. The van der Waals surface area contributed by atoms with Crippen molar-refractivity contribution in [2.45, 2.75) is 37.4 Å². The van der Waals surface area contributed by atoms with Crippen LogP contribution in [0.25, 0.3) is 5.57 Å². The molecular weight excluding hydrogens is 506 g/mol. The molecule has 1 aromatic carbocycles. The second kappa shape index (κ2) is 11.1. The molecule has 0 spiro atoms. The molecular formula is C24H22Cl2F3N3O3. The van der Waals surface area contributed by atoms with Gasteiger partial charge in [-0.2, -0.15) is 13.2 Å². The van der Waals surface area contributed by atoms with E-state index >= 15 is 0 Å². The van der Waals surface area contributed by atoms with E-state index in [9.17, 15) is 22.8 Å². The summed E-state index contributed by atoms with van der Waals surface area (Å²) in [5.41, 5.74) is 1.01. The molecule has 1 aliphatic carbocycles. The van der Waals surface area contributed by atoms with Crippen molar-refractivity contribution in [2.24, 2.45) is 0 Å². The van der Waals surface area contributed by atoms with Crippen LogP contribution in [0, 0.1) is 0 Å². The molecule has 3 rings (SSSR count). The Morgan fingerprint density at radius 3 is 2.49 bits per heavy atom. The molecule has 0 saturated heterocycles. The fourth-order valence-corrected chi connectivity index (χ4v) is 4.32. The van der Waals surface area contributed by atoms with Crippen LogP contribution in [-0.4, -0.2) is 34.6 Å². The highest BCUT2D eigenvalue weighted by atomic mass is 35.5. The van der Waals surface area contributed by atoms with Crippen LogP contribution in [0.2, 0.25) is 0 Å². The Balaban J connectivity index is 1.68. The summed E-state index contributed by atoms with van der Waals surface area (Å²) in [5, 5.41) is 4.69. The zero-order chi connectivity index (χ0) is 25.6. The first-order valence-corrected chi connectivity index (χ1v) is 11.3. The Labute approximate surface area is 210 Å². The van der Waals surface area contributed by atoms with Gasteiger partial charge in [0.15, 0.2) is 4.87 Å². The Kier molecular flexibility index (Phi) is 8.45. The van der Waals surface area contributed by atoms with Crippen LogP contribution in [0.15, 0.2) is 65.5 Å². The number of hydrogen-bond donors (Lipinski definition) is 2. The maximum Gasteiger partial charge on any atom is 0.412 e. The number of urea groups is 1. The van der Waals surface area contributed by atoms with E-state index in [1.165, 1.54) is 24.4 Å². The number of allylic oxidation sites excluding steroid dienone is 4. The Morgan fingerprint density at radius 1 is 1.17 bits per heavy atom. The first-order chi connectivity index (χ1) is 16.5. The van der Waals surface area contributed by atoms with E-state index in [4.69, 9.17) is 27.9 Å². The quantitative estimate of drug-likeness (QED) is 0.370. The lowest BCUT2D eigenvalue weighted by Gasteiger charge is -2.36. The van der Waals surface area contributed by atoms with E-state index in [0.29, 0.717) is 11.3 Å². The van der Waals surface area contributed by atoms with Gasteiger partial charge in [0.25, 0.3) is 0 Å². The van der Waals surface area contributed by atoms with Gasteiger partial charge in [0.1, 0.15) is 0 Å². The standard InChI is InChI=1S/C24H22Cl2F3N3O3/c1-2-35-20(33)10-15-8-9-17(30-13-15)14-31-22(34)32-18-11-19(25)21(16-6-4-3-5-7-16)23(26,12-18)24(27,28)29/h3-9,11,13H,2,10,12,14H2,1H3,(H2,31,32,34). The second-order valence-electron chi connectivity index (χ2n) is 7.68. The van der Waals surface area contributed by atoms with E-state index in [1.54, 1.807) is 37.3 Å². The predicted octanol–water partition coefficient (Wildman–Crippen LogP) is 5.46. The van der Waals surface area contributed by atoms with E-state index in [0.717, 1.165) is 0 Å². The van der Waals surface area contributed by atoms with Gasteiger partial charge in [-0.3, -0.25) is 9.78 Å². The van der Waals surface area contributed by atoms with Crippen molar-refractivity contribution < 1.29 is 27.5 Å². The monoisotopic (exact) mass is 527 g/mol. The van der Waals surface area contributed by atoms with Gasteiger partial charge < -0.3 is 15.4 Å². The number of ether oxygens (including phenoxy) is 1. The van der Waals surface area contributed by atoms with Crippen molar-refractivity contribution in [3.63, 3.8) is 0 Å². The van der Waals surface area contributed by atoms with Gasteiger partial charge in [0.05, 0.1) is 25.3 Å². The lowest BCUT2D eigenvalue weighted by molar-refractivity contribution is -0.147. The SMILES string of the molecule is CCOC(=O)Cc1ccc(CNC(=O)NC2=CC(Cl)=C(c3ccccc3)C(Cl)(C(F)(F)F)C2)nc1. The lowest BCUT2D eigenvalue weighted by Crippen LogP contribution is -2.46. The van der Waals surface area contributed by atoms with Gasteiger partial charge in [0.2, 0.25) is 0 Å². The van der Waals surface area contributed by atoms with E-state index < -0.39 is 23.5 Å². The van der Waals surface area contributed by atoms with Gasteiger partial charge in [-0.1, -0.05) is 48.0 Å². The molecule has 6 nitrogen and oxygen atoms in total. The molecule has 1 atom stereocenters. The summed E-state index contributed by atoms with van der Waals surface area (Å²) in [4.78, 5) is 25.2. The normalized spacial score (nSPS) is 18.1. The molecule has 0 bridgehead atoms. The van der Waals surface area contributed by atoms with Crippen LogP contribution in [0.3, 0.4) is 0 Å². The van der Waals surface area contributed by atoms with Crippen LogP contribution in [-0.2, 0) is 22.5 Å². The Bertz CT molecular complexity index is 1140. The van der Waals surface area contributed by atoms with Crippen molar-refractivity contribution in [2.75, 3.05) is 6.61 Å². The lowest BCUT2D eigenvalue weighted by atomic mass is 9.83. The number of amides is 2. The van der Waals surface area contributed by atoms with Crippen LogP contribution < -0.4 is 10.6 Å². The number of benzene rings is 1. The minimum atomic E-state index is -4.84. The fraction of sp³-hybridized carbons (Fsp3) is 0.292. The molecule has 2 amide bonds. The summed E-state index contributed by atoms with van der Waals surface area (Å²) >= 11 is 12.4. The summed E-state index contributed by atoms with van der Waals surface area (Å²) in [5.74, 6) is -0.377. The number of carbonyl (C=O) groups is 2. The molecule has 1 aromatic heterocycles. The number of pyridine rings is 1. The summed E-state index contributed by atoms with van der Waals surface area (Å²) < 4.78 is 47.0. The summed E-state index contributed by atoms with van der Waals surface area (Å²) in [6.07, 6.45) is -2.74. The molecule has 11 heteroatoms. The van der Waals surface area contributed by atoms with Gasteiger partial charge in [0, 0.05) is 28.9 Å². The summed E-state index contributed by atoms with van der Waals surface area (Å²) in [7, 11) is 0. The fourth-order valence-electron chi connectivity index (χ4n) is 3.51. The van der Waals surface area contributed by atoms with Gasteiger partial charge in [-0.15, -0.1) is 11.6 Å². The number of rotatable bonds is 7. The molecule has 0 saturated carbocycles. The van der Waals surface area contributed by atoms with E-state index in [1.807, 2.05) is 0 Å². The number of hydrogen-bond acceptors (Lipinski definition) is 4. The van der Waals surface area contributed by atoms with Crippen molar-refractivity contribution >= 4 is 40.8 Å². The third kappa shape index (κ3) is 6.55. The molecule has 186 valence electrons. The Morgan fingerprint density at radius 2 is 1.89 bits per heavy atom. The molecule has 1 unspecified atom stereocenters. The van der Waals surface area contributed by atoms with Crippen molar-refractivity contribution in [3.8, 4) is 0 Å². The zero-order valence-corrected chi connectivity index (χ0v) is 20.1. The van der Waals surface area contributed by atoms with Crippen LogP contribution in [0.4, 0.5) is 18.0 Å². The smallest absolute Gasteiger partial charge is 0.412 e. The van der Waals surface area contributed by atoms with Crippen LogP contribution in [0.1, 0.15) is 30.2 Å². The average molecular weight is 528 g/mol. The van der Waals surface area contributed by atoms with E-state index in [2.05, 4.69) is 15.6 Å². The van der Waals surface area contributed by atoms with E-state index in [-0.39, 0.29) is 47.4 Å². The number of esters is 1. The Hall–Kier alpha value is -3.04. The minimum absolute atomic E-state index is 0.00290. The first kappa shape index (κ1) is 26.6. The molecule has 0 radical (unpaired) electrons. The number of nitrogens with one attached hydrogen (secondary N) is 2. The highest BCUT2D eigenvalue weighted by molar-refractivity contribution is 6.40. The number of alkyl halides is 4. The highest BCUT2D eigenvalue weighted by Gasteiger charge is 2.58. The average Bonchev–Trinajstić information content (AvgIpc) is 2.78. The minimum Gasteiger partial charge on any atom is -0.466 e. The second-order valence-corrected chi connectivity index (χ2v) is 8.73. The topological polar surface area (TPSA) is 80.3 Å². The molecule has 0 fully saturated rings. The largest absolute Gasteiger partial charge is 0.466 e. The number of carbonyl (C=O) groups excluding carboxylic acids is 2. The van der Waals surface area contributed by atoms with Crippen LogP contribution in [0.5, 0.6) is 0 Å². The number of nitrogens with zero attached hydrogens (tertiary/aromatic N) is 1. The summed E-state index contributed by atoms with van der Waals surface area (Å²) in [6.45, 7) is 1.99. The summed E-state index contributed by atoms with van der Waals surface area (Å²) in [6, 6.07) is 10.4. The molecule has 1 heterocycles.